The summed E-state index contributed by atoms with van der Waals surface area (Å²) >= 11 is 6.00. The topological polar surface area (TPSA) is 44.2 Å². The molecular weight excluding hydrogens is 264 g/mol. The van der Waals surface area contributed by atoms with Crippen LogP contribution in [0.1, 0.15) is 18.1 Å². The Morgan fingerprint density at radius 2 is 1.89 bits per heavy atom. The van der Waals surface area contributed by atoms with Crippen LogP contribution in [0.15, 0.2) is 30.6 Å². The fourth-order valence-electron chi connectivity index (χ4n) is 1.67. The van der Waals surface area contributed by atoms with Gasteiger partial charge in [0.2, 0.25) is 5.88 Å². The summed E-state index contributed by atoms with van der Waals surface area (Å²) < 4.78 is 10.8. The molecular formula is C14H15ClN2O2. The molecule has 0 aliphatic rings. The summed E-state index contributed by atoms with van der Waals surface area (Å²) in [5.41, 5.74) is 1.87. The average molecular weight is 279 g/mol. The van der Waals surface area contributed by atoms with Crippen molar-refractivity contribution in [2.45, 2.75) is 20.0 Å². The van der Waals surface area contributed by atoms with Gasteiger partial charge >= 0.3 is 0 Å². The van der Waals surface area contributed by atoms with E-state index in [-0.39, 0.29) is 0 Å². The van der Waals surface area contributed by atoms with Crippen LogP contribution >= 0.6 is 11.6 Å². The molecule has 1 aromatic carbocycles. The van der Waals surface area contributed by atoms with E-state index in [1.165, 1.54) is 6.33 Å². The number of halogens is 1. The average Bonchev–Trinajstić information content (AvgIpc) is 2.45. The van der Waals surface area contributed by atoms with E-state index < -0.39 is 0 Å². The highest BCUT2D eigenvalue weighted by molar-refractivity contribution is 6.30. The van der Waals surface area contributed by atoms with Gasteiger partial charge in [-0.15, -0.1) is 0 Å². The van der Waals surface area contributed by atoms with Gasteiger partial charge in [-0.2, -0.15) is 0 Å². The number of hydrogen-bond donors (Lipinski definition) is 0. The third-order valence-electron chi connectivity index (χ3n) is 2.74. The Hall–Kier alpha value is -1.81. The molecule has 0 amide bonds. The highest BCUT2D eigenvalue weighted by Gasteiger charge is 2.09. The summed E-state index contributed by atoms with van der Waals surface area (Å²) in [5, 5.41) is 0.447. The molecule has 0 unspecified atom stereocenters. The molecule has 0 radical (unpaired) electrons. The summed E-state index contributed by atoms with van der Waals surface area (Å²) in [6.45, 7) is 2.43. The van der Waals surface area contributed by atoms with Crippen molar-refractivity contribution in [2.75, 3.05) is 7.11 Å². The van der Waals surface area contributed by atoms with Gasteiger partial charge in [-0.3, -0.25) is 0 Å². The van der Waals surface area contributed by atoms with Crippen molar-refractivity contribution in [3.05, 3.63) is 46.9 Å². The number of ether oxygens (including phenoxy) is 2. The largest absolute Gasteiger partial charge is 0.497 e. The van der Waals surface area contributed by atoms with Crippen molar-refractivity contribution in [3.63, 3.8) is 0 Å². The Morgan fingerprint density at radius 3 is 2.53 bits per heavy atom. The van der Waals surface area contributed by atoms with Gasteiger partial charge in [0, 0.05) is 0 Å². The molecule has 0 aliphatic carbocycles. The van der Waals surface area contributed by atoms with E-state index in [0.29, 0.717) is 17.6 Å². The Bertz CT molecular complexity index is 544. The van der Waals surface area contributed by atoms with Crippen LogP contribution in [0, 0.1) is 0 Å². The van der Waals surface area contributed by atoms with Crippen molar-refractivity contribution in [2.24, 2.45) is 0 Å². The van der Waals surface area contributed by atoms with E-state index in [9.17, 15) is 0 Å². The van der Waals surface area contributed by atoms with E-state index in [1.54, 1.807) is 7.11 Å². The van der Waals surface area contributed by atoms with Gasteiger partial charge in [0.05, 0.1) is 12.7 Å². The number of nitrogens with zero attached hydrogens (tertiary/aromatic N) is 2. The number of methoxy groups -OCH3 is 1. The molecule has 0 N–H and O–H groups in total. The van der Waals surface area contributed by atoms with Crippen LogP contribution in [0.3, 0.4) is 0 Å². The molecule has 0 saturated carbocycles. The van der Waals surface area contributed by atoms with Crippen molar-refractivity contribution in [1.29, 1.82) is 0 Å². The minimum absolute atomic E-state index is 0.435. The first-order chi connectivity index (χ1) is 9.24. The molecule has 0 saturated heterocycles. The lowest BCUT2D eigenvalue weighted by atomic mass is 10.2. The maximum absolute atomic E-state index is 6.00. The molecule has 0 aliphatic heterocycles. The van der Waals surface area contributed by atoms with Gasteiger partial charge in [0.25, 0.3) is 0 Å². The number of benzene rings is 1. The molecule has 100 valence electrons. The lowest BCUT2D eigenvalue weighted by Gasteiger charge is -2.10. The minimum Gasteiger partial charge on any atom is -0.497 e. The summed E-state index contributed by atoms with van der Waals surface area (Å²) in [4.78, 5) is 8.06. The van der Waals surface area contributed by atoms with Gasteiger partial charge in [0.15, 0.2) is 0 Å². The summed E-state index contributed by atoms with van der Waals surface area (Å²) in [5.74, 6) is 1.36. The molecule has 19 heavy (non-hydrogen) atoms. The first kappa shape index (κ1) is 13.6. The zero-order valence-electron chi connectivity index (χ0n) is 10.9. The minimum atomic E-state index is 0.435. The molecule has 5 heteroatoms. The van der Waals surface area contributed by atoms with Crippen molar-refractivity contribution >= 4 is 11.6 Å². The predicted octanol–water partition coefficient (Wildman–Crippen LogP) is 3.28. The van der Waals surface area contributed by atoms with E-state index in [4.69, 9.17) is 21.1 Å². The summed E-state index contributed by atoms with van der Waals surface area (Å²) in [6, 6.07) is 7.69. The molecule has 0 spiro atoms. The highest BCUT2D eigenvalue weighted by atomic mass is 35.5. The molecule has 2 rings (SSSR count). The molecule has 4 nitrogen and oxygen atoms in total. The van der Waals surface area contributed by atoms with E-state index >= 15 is 0 Å². The van der Waals surface area contributed by atoms with E-state index in [0.717, 1.165) is 23.3 Å². The fraction of sp³-hybridized carbons (Fsp3) is 0.286. The van der Waals surface area contributed by atoms with Crippen molar-refractivity contribution in [1.82, 2.24) is 9.97 Å². The van der Waals surface area contributed by atoms with Crippen LogP contribution in [-0.2, 0) is 13.0 Å². The highest BCUT2D eigenvalue weighted by Crippen LogP contribution is 2.23. The predicted molar refractivity (Wildman–Crippen MR) is 73.7 cm³/mol. The second-order valence-corrected chi connectivity index (χ2v) is 4.30. The zero-order chi connectivity index (χ0) is 13.7. The van der Waals surface area contributed by atoms with Gasteiger partial charge in [-0.1, -0.05) is 30.7 Å². The second-order valence-electron chi connectivity index (χ2n) is 3.94. The molecule has 1 aromatic heterocycles. The van der Waals surface area contributed by atoms with Crippen LogP contribution in [0.25, 0.3) is 0 Å². The Labute approximate surface area is 117 Å². The number of rotatable bonds is 5. The standard InChI is InChI=1S/C14H15ClN2O2/c1-3-12-13(15)16-9-17-14(12)19-8-10-4-6-11(18-2)7-5-10/h4-7,9H,3,8H2,1-2H3. The maximum Gasteiger partial charge on any atom is 0.221 e. The quantitative estimate of drug-likeness (QED) is 0.787. The van der Waals surface area contributed by atoms with E-state index in [1.807, 2.05) is 31.2 Å². The maximum atomic E-state index is 6.00. The van der Waals surface area contributed by atoms with Gasteiger partial charge in [-0.25, -0.2) is 9.97 Å². The summed E-state index contributed by atoms with van der Waals surface area (Å²) in [7, 11) is 1.64. The van der Waals surface area contributed by atoms with Gasteiger partial charge in [-0.05, 0) is 24.1 Å². The first-order valence-electron chi connectivity index (χ1n) is 5.99. The van der Waals surface area contributed by atoms with Crippen LogP contribution in [0.4, 0.5) is 0 Å². The molecule has 0 fully saturated rings. The monoisotopic (exact) mass is 278 g/mol. The Kier molecular flexibility index (Phi) is 4.58. The number of aromatic nitrogens is 2. The smallest absolute Gasteiger partial charge is 0.221 e. The Morgan fingerprint density at radius 1 is 1.16 bits per heavy atom. The van der Waals surface area contributed by atoms with Crippen LogP contribution in [0.2, 0.25) is 5.15 Å². The Balaban J connectivity index is 2.07. The lowest BCUT2D eigenvalue weighted by Crippen LogP contribution is -2.02. The second kappa shape index (κ2) is 6.38. The van der Waals surface area contributed by atoms with E-state index in [2.05, 4.69) is 9.97 Å². The van der Waals surface area contributed by atoms with Crippen LogP contribution < -0.4 is 9.47 Å². The van der Waals surface area contributed by atoms with Gasteiger partial charge < -0.3 is 9.47 Å². The summed E-state index contributed by atoms with van der Waals surface area (Å²) in [6.07, 6.45) is 2.14. The van der Waals surface area contributed by atoms with Crippen LogP contribution in [-0.4, -0.2) is 17.1 Å². The lowest BCUT2D eigenvalue weighted by molar-refractivity contribution is 0.289. The van der Waals surface area contributed by atoms with Crippen molar-refractivity contribution in [3.8, 4) is 11.6 Å². The van der Waals surface area contributed by atoms with Crippen LogP contribution in [0.5, 0.6) is 11.6 Å². The SMILES string of the molecule is CCc1c(Cl)ncnc1OCc1ccc(OC)cc1. The molecule has 0 bridgehead atoms. The molecule has 2 aromatic rings. The van der Waals surface area contributed by atoms with Crippen molar-refractivity contribution < 1.29 is 9.47 Å². The molecule has 1 heterocycles. The normalized spacial score (nSPS) is 10.3. The number of hydrogen-bond acceptors (Lipinski definition) is 4. The fourth-order valence-corrected chi connectivity index (χ4v) is 1.93. The third kappa shape index (κ3) is 3.35. The first-order valence-corrected chi connectivity index (χ1v) is 6.37. The molecule has 0 atom stereocenters. The van der Waals surface area contributed by atoms with Gasteiger partial charge in [0.1, 0.15) is 23.8 Å². The zero-order valence-corrected chi connectivity index (χ0v) is 11.6. The third-order valence-corrected chi connectivity index (χ3v) is 3.07.